The summed E-state index contributed by atoms with van der Waals surface area (Å²) in [6, 6.07) is 54.1. The van der Waals surface area contributed by atoms with Crippen molar-refractivity contribution in [2.75, 3.05) is 0 Å². The fourth-order valence-electron chi connectivity index (χ4n) is 13.2. The number of benzene rings is 6. The second kappa shape index (κ2) is 14.5. The summed E-state index contributed by atoms with van der Waals surface area (Å²) in [5.41, 5.74) is 22.4. The van der Waals surface area contributed by atoms with Crippen LogP contribution in [0.15, 0.2) is 176 Å². The number of hydrogen-bond acceptors (Lipinski definition) is 5. The van der Waals surface area contributed by atoms with Gasteiger partial charge in [0.25, 0.3) is 0 Å². The van der Waals surface area contributed by atoms with E-state index in [2.05, 4.69) is 187 Å². The number of fused-ring (bicyclic) bond motifs is 20. The summed E-state index contributed by atoms with van der Waals surface area (Å²) in [4.78, 5) is 51.2. The second-order valence-corrected chi connectivity index (χ2v) is 21.1. The molecule has 16 bridgehead atoms. The Hall–Kier alpha value is -10.9. The Kier molecular flexibility index (Phi) is 7.53. The minimum Gasteiger partial charge on any atom is -0.361 e. The Bertz CT molecular complexity index is 5520. The number of hydrogen-bond donors (Lipinski definition) is 7. The molecule has 0 saturated carbocycles. The van der Waals surface area contributed by atoms with E-state index in [-0.39, 0.29) is 0 Å². The van der Waals surface area contributed by atoms with Crippen LogP contribution in [-0.2, 0) is 6.42 Å². The van der Waals surface area contributed by atoms with Gasteiger partial charge in [-0.2, -0.15) is 0 Å². The fourth-order valence-corrected chi connectivity index (χ4v) is 13.2. The molecule has 1 aliphatic heterocycles. The van der Waals surface area contributed by atoms with Crippen LogP contribution in [0.1, 0.15) is 11.4 Å². The lowest BCUT2D eigenvalue weighted by Gasteiger charge is -2.11. The van der Waals surface area contributed by atoms with Crippen molar-refractivity contribution in [3.05, 3.63) is 188 Å². The number of aromatic amines is 7. The van der Waals surface area contributed by atoms with E-state index in [4.69, 9.17) is 24.9 Å². The van der Waals surface area contributed by atoms with Crippen LogP contribution in [0.3, 0.4) is 0 Å². The summed E-state index contributed by atoms with van der Waals surface area (Å²) in [7, 11) is 0. The molecule has 0 fully saturated rings. The van der Waals surface area contributed by atoms with Crippen LogP contribution in [0.5, 0.6) is 0 Å². The first kappa shape index (κ1) is 40.5. The normalized spacial score (nSPS) is 12.8. The molecule has 6 aromatic carbocycles. The largest absolute Gasteiger partial charge is 0.361 e. The number of pyridine rings is 4. The molecule has 13 aromatic heterocycles. The minimum atomic E-state index is 0.767. The lowest BCUT2D eigenvalue weighted by Crippen LogP contribution is -1.93. The Morgan fingerprint density at radius 1 is 0.308 bits per heavy atom. The summed E-state index contributed by atoms with van der Waals surface area (Å²) in [6.45, 7) is 0. The first-order valence-corrected chi connectivity index (χ1v) is 26.2. The third-order valence-corrected chi connectivity index (χ3v) is 16.6. The van der Waals surface area contributed by atoms with Gasteiger partial charge < -0.3 is 34.9 Å². The molecule has 0 aliphatic carbocycles. The second-order valence-electron chi connectivity index (χ2n) is 21.1. The summed E-state index contributed by atoms with van der Waals surface area (Å²) < 4.78 is 0. The number of nitrogens with zero attached hydrogens (tertiary/aromatic N) is 5. The summed E-state index contributed by atoms with van der Waals surface area (Å²) >= 11 is 0. The maximum absolute atomic E-state index is 5.31. The topological polar surface area (TPSA) is 175 Å². The molecule has 0 unspecified atom stereocenters. The molecule has 0 amide bonds. The fraction of sp³-hybridized carbons (Fsp3) is 0.0152. The number of nitrogens with one attached hydrogen (secondary N) is 7. The smallest absolute Gasteiger partial charge is 0.0972 e. The van der Waals surface area contributed by atoms with Crippen molar-refractivity contribution in [3.63, 3.8) is 0 Å². The monoisotopic (exact) mass is 998 g/mol. The van der Waals surface area contributed by atoms with Crippen molar-refractivity contribution < 1.29 is 0 Å². The summed E-state index contributed by atoms with van der Waals surface area (Å²) in [6.07, 6.45) is 8.75. The highest BCUT2D eigenvalue weighted by atomic mass is 14.8. The molecule has 1 aliphatic rings. The van der Waals surface area contributed by atoms with E-state index in [0.29, 0.717) is 0 Å². The van der Waals surface area contributed by atoms with Gasteiger partial charge in [-0.25, -0.2) is 24.9 Å². The predicted octanol–water partition coefficient (Wildman–Crippen LogP) is 16.2. The molecule has 19 aromatic rings. The molecule has 0 radical (unpaired) electrons. The number of rotatable bonds is 0. The SMILES string of the molecule is c1cc2c(cc3cc4cc5cc6cc7[nH]ccc7c(c7ccc8ccc9ccc(nc9c8n7)c2c3n4)c6[nH]5)[nH]1.c1cc2c3c4[nH]c(cc4cc2[nH]1)Cc1cc2cc4[nH]ccc4c(c2[nH]1)-c1ccc2ccc4ccc-3nc4c2n1. The standard InChI is InChI=1S/C33H20N6.C33H18N6/c2*1-2-17-4-6-25-29-23-8-10-35-27(23)14-19-12-21(37-31(19)29)15-20-11-18-13-26-22(7-9-34-26)28(30(18)36-20)24-5-3-16(1)32(38-24)33(17)39-25/h1-14,34-37H,15H2;1-15,34-36H. The van der Waals surface area contributed by atoms with Crippen LogP contribution in [0.2, 0.25) is 0 Å². The Morgan fingerprint density at radius 2 is 0.756 bits per heavy atom. The van der Waals surface area contributed by atoms with Crippen LogP contribution >= 0.6 is 0 Å². The summed E-state index contributed by atoms with van der Waals surface area (Å²) in [5.74, 6) is 0. The van der Waals surface area contributed by atoms with Crippen molar-refractivity contribution >= 4 is 164 Å². The van der Waals surface area contributed by atoms with Gasteiger partial charge in [0.15, 0.2) is 0 Å². The van der Waals surface area contributed by atoms with E-state index in [9.17, 15) is 0 Å². The highest BCUT2D eigenvalue weighted by Crippen LogP contribution is 2.42. The first-order valence-electron chi connectivity index (χ1n) is 26.2. The third kappa shape index (κ3) is 5.58. The molecule has 0 saturated heterocycles. The lowest BCUT2D eigenvalue weighted by atomic mass is 10.0. The lowest BCUT2D eigenvalue weighted by molar-refractivity contribution is 1.07. The molecule has 12 heteroatoms. The molecular formula is C66H38N12. The van der Waals surface area contributed by atoms with Crippen molar-refractivity contribution in [1.29, 1.82) is 0 Å². The number of H-pyrrole nitrogens is 7. The molecule has 7 N–H and O–H groups in total. The van der Waals surface area contributed by atoms with Gasteiger partial charge in [0.2, 0.25) is 0 Å². The van der Waals surface area contributed by atoms with Gasteiger partial charge in [-0.15, -0.1) is 0 Å². The van der Waals surface area contributed by atoms with E-state index in [1.807, 2.05) is 24.8 Å². The molecule has 14 heterocycles. The van der Waals surface area contributed by atoms with Crippen LogP contribution in [-0.4, -0.2) is 59.8 Å². The molecule has 12 nitrogen and oxygen atoms in total. The van der Waals surface area contributed by atoms with Crippen molar-refractivity contribution in [2.24, 2.45) is 0 Å². The quantitative estimate of drug-likeness (QED) is 0.0748. The van der Waals surface area contributed by atoms with Crippen LogP contribution in [0.4, 0.5) is 0 Å². The van der Waals surface area contributed by atoms with Gasteiger partial charge in [0, 0.05) is 157 Å². The van der Waals surface area contributed by atoms with E-state index in [1.165, 1.54) is 10.8 Å². The predicted molar refractivity (Wildman–Crippen MR) is 319 cm³/mol. The average Bonchev–Trinajstić information content (AvgIpc) is 4.49. The van der Waals surface area contributed by atoms with E-state index in [1.54, 1.807) is 0 Å². The summed E-state index contributed by atoms with van der Waals surface area (Å²) in [5, 5.41) is 15.5. The zero-order chi connectivity index (χ0) is 50.5. The van der Waals surface area contributed by atoms with Gasteiger partial charge in [-0.3, -0.25) is 0 Å². The Morgan fingerprint density at radius 3 is 1.32 bits per heavy atom. The van der Waals surface area contributed by atoms with Gasteiger partial charge in [0.1, 0.15) is 0 Å². The van der Waals surface area contributed by atoms with Gasteiger partial charge in [-0.1, -0.05) is 48.5 Å². The van der Waals surface area contributed by atoms with Gasteiger partial charge in [0.05, 0.1) is 72.1 Å². The van der Waals surface area contributed by atoms with Crippen molar-refractivity contribution in [3.8, 4) is 22.5 Å². The average molecular weight is 999 g/mol. The zero-order valence-electron chi connectivity index (χ0n) is 41.2. The molecular weight excluding hydrogens is 961 g/mol. The van der Waals surface area contributed by atoms with E-state index >= 15 is 0 Å². The highest BCUT2D eigenvalue weighted by Gasteiger charge is 2.21. The molecule has 0 atom stereocenters. The van der Waals surface area contributed by atoms with Crippen molar-refractivity contribution in [1.82, 2.24) is 59.8 Å². The van der Waals surface area contributed by atoms with Crippen LogP contribution in [0.25, 0.3) is 186 Å². The van der Waals surface area contributed by atoms with Gasteiger partial charge >= 0.3 is 0 Å². The van der Waals surface area contributed by atoms with Crippen LogP contribution in [0, 0.1) is 0 Å². The van der Waals surface area contributed by atoms with Crippen LogP contribution < -0.4 is 0 Å². The third-order valence-electron chi connectivity index (χ3n) is 16.6. The van der Waals surface area contributed by atoms with Crippen molar-refractivity contribution in [2.45, 2.75) is 6.42 Å². The maximum Gasteiger partial charge on any atom is 0.0972 e. The minimum absolute atomic E-state index is 0.767. The zero-order valence-corrected chi connectivity index (χ0v) is 41.2. The van der Waals surface area contributed by atoms with E-state index in [0.717, 1.165) is 193 Å². The first-order chi connectivity index (χ1) is 38.5. The maximum atomic E-state index is 5.31. The molecule has 78 heavy (non-hydrogen) atoms. The van der Waals surface area contributed by atoms with E-state index < -0.39 is 0 Å². The Labute approximate surface area is 438 Å². The van der Waals surface area contributed by atoms with Gasteiger partial charge in [-0.05, 0) is 103 Å². The molecule has 362 valence electrons. The number of aromatic nitrogens is 12. The molecule has 0 spiro atoms. The molecule has 20 rings (SSSR count). The Balaban J connectivity index is 0.000000118. The highest BCUT2D eigenvalue weighted by molar-refractivity contribution is 6.23.